The molecule has 0 aliphatic carbocycles. The Kier molecular flexibility index (Phi) is 6.45. The first-order chi connectivity index (χ1) is 16.7. The Bertz CT molecular complexity index is 1140. The molecule has 174 valence electrons. The van der Waals surface area contributed by atoms with E-state index in [1.807, 2.05) is 77.7 Å². The summed E-state index contributed by atoms with van der Waals surface area (Å²) >= 11 is 0. The second kappa shape index (κ2) is 9.82. The molecule has 0 aromatic heterocycles. The van der Waals surface area contributed by atoms with Crippen LogP contribution in [-0.2, 0) is 21.5 Å². The van der Waals surface area contributed by atoms with Gasteiger partial charge in [-0.25, -0.2) is 0 Å². The summed E-state index contributed by atoms with van der Waals surface area (Å²) in [6.45, 7) is 2.78. The normalized spacial score (nSPS) is 17.8. The number of carbonyl (C=O) groups excluding carboxylic acids is 2. The fourth-order valence-electron chi connectivity index (χ4n) is 5.25. The third-order valence-electron chi connectivity index (χ3n) is 7.22. The Hall–Kier alpha value is -3.44. The van der Waals surface area contributed by atoms with Gasteiger partial charge in [-0.3, -0.25) is 9.59 Å². The van der Waals surface area contributed by atoms with Crippen LogP contribution in [0, 0.1) is 0 Å². The smallest absolute Gasteiger partial charge is 0.254 e. The van der Waals surface area contributed by atoms with E-state index < -0.39 is 5.41 Å². The molecule has 1 N–H and O–H groups in total. The third-order valence-corrected chi connectivity index (χ3v) is 7.22. The maximum absolute atomic E-state index is 13.7. The quantitative estimate of drug-likeness (QED) is 0.579. The van der Waals surface area contributed by atoms with Crippen molar-refractivity contribution < 1.29 is 14.3 Å². The van der Waals surface area contributed by atoms with Crippen LogP contribution in [-0.4, -0.2) is 43.0 Å². The lowest BCUT2D eigenvalue weighted by Gasteiger charge is -2.37. The highest BCUT2D eigenvalue weighted by molar-refractivity contribution is 5.98. The van der Waals surface area contributed by atoms with Crippen LogP contribution in [0.1, 0.15) is 45.8 Å². The minimum atomic E-state index is -0.583. The van der Waals surface area contributed by atoms with E-state index in [2.05, 4.69) is 17.4 Å². The van der Waals surface area contributed by atoms with Gasteiger partial charge in [-0.1, -0.05) is 78.9 Å². The Labute approximate surface area is 200 Å². The predicted molar refractivity (Wildman–Crippen MR) is 132 cm³/mol. The van der Waals surface area contributed by atoms with E-state index in [4.69, 9.17) is 4.74 Å². The summed E-state index contributed by atoms with van der Waals surface area (Å²) in [6, 6.07) is 28.0. The van der Waals surface area contributed by atoms with Crippen molar-refractivity contribution in [2.24, 2.45) is 0 Å². The summed E-state index contributed by atoms with van der Waals surface area (Å²) in [5.74, 6) is 0.100. The highest BCUT2D eigenvalue weighted by Gasteiger charge is 2.41. The number of nitrogens with zero attached hydrogens (tertiary/aromatic N) is 1. The summed E-state index contributed by atoms with van der Waals surface area (Å²) in [7, 11) is 0. The second-order valence-electron chi connectivity index (χ2n) is 9.22. The molecule has 3 aromatic carbocycles. The highest BCUT2D eigenvalue weighted by Crippen LogP contribution is 2.35. The van der Waals surface area contributed by atoms with Crippen LogP contribution in [0.5, 0.6) is 0 Å². The summed E-state index contributed by atoms with van der Waals surface area (Å²) in [5.41, 5.74) is 3.42. The summed E-state index contributed by atoms with van der Waals surface area (Å²) in [4.78, 5) is 28.6. The van der Waals surface area contributed by atoms with Crippen LogP contribution in [0.3, 0.4) is 0 Å². The molecule has 0 bridgehead atoms. The molecular formula is C29H30N2O3. The number of fused-ring (bicyclic) bond motifs is 1. The Balaban J connectivity index is 1.35. The number of benzene rings is 3. The standard InChI is InChI=1S/C29H30N2O3/c32-27-26-14-8-7-11-23(26)20-31(27)21-24(22-9-3-1-4-10-22)19-30-28(33)29(15-17-34-18-16-29)25-12-5-2-6-13-25/h1-14,24H,15-21H2,(H,30,33)/t24-/m0/s1. The first kappa shape index (κ1) is 22.4. The lowest BCUT2D eigenvalue weighted by atomic mass is 9.73. The number of amides is 2. The molecule has 5 heteroatoms. The van der Waals surface area contributed by atoms with Crippen molar-refractivity contribution in [1.29, 1.82) is 0 Å². The number of nitrogens with one attached hydrogen (secondary N) is 1. The molecule has 2 heterocycles. The van der Waals surface area contributed by atoms with E-state index in [1.54, 1.807) is 0 Å². The van der Waals surface area contributed by atoms with Crippen LogP contribution in [0.15, 0.2) is 84.9 Å². The largest absolute Gasteiger partial charge is 0.381 e. The zero-order chi connectivity index (χ0) is 23.4. The van der Waals surface area contributed by atoms with Gasteiger partial charge < -0.3 is 15.0 Å². The van der Waals surface area contributed by atoms with Crippen molar-refractivity contribution in [3.8, 4) is 0 Å². The van der Waals surface area contributed by atoms with Gasteiger partial charge >= 0.3 is 0 Å². The molecule has 1 atom stereocenters. The SMILES string of the molecule is O=C1c2ccccc2CN1C[C@H](CNC(=O)C1(c2ccccc2)CCOCC1)c1ccccc1. The number of hydrogen-bond acceptors (Lipinski definition) is 3. The van der Waals surface area contributed by atoms with Crippen molar-refractivity contribution in [3.05, 3.63) is 107 Å². The maximum atomic E-state index is 13.7. The van der Waals surface area contributed by atoms with Gasteiger partial charge in [0.2, 0.25) is 5.91 Å². The molecule has 1 fully saturated rings. The number of ether oxygens (including phenoxy) is 1. The van der Waals surface area contributed by atoms with Gasteiger partial charge in [-0.2, -0.15) is 0 Å². The molecule has 1 saturated heterocycles. The molecule has 0 unspecified atom stereocenters. The van der Waals surface area contributed by atoms with Gasteiger partial charge in [0.1, 0.15) is 0 Å². The molecule has 3 aromatic rings. The van der Waals surface area contributed by atoms with Crippen LogP contribution in [0.2, 0.25) is 0 Å². The summed E-state index contributed by atoms with van der Waals surface area (Å²) < 4.78 is 5.60. The van der Waals surface area contributed by atoms with Gasteiger partial charge in [0.25, 0.3) is 5.91 Å². The molecule has 2 amide bonds. The number of hydrogen-bond donors (Lipinski definition) is 1. The lowest BCUT2D eigenvalue weighted by Crippen LogP contribution is -2.49. The molecule has 2 aliphatic rings. The first-order valence-corrected chi connectivity index (χ1v) is 12.0. The average molecular weight is 455 g/mol. The van der Waals surface area contributed by atoms with E-state index in [-0.39, 0.29) is 17.7 Å². The van der Waals surface area contributed by atoms with Gasteiger partial charge in [0.05, 0.1) is 5.41 Å². The van der Waals surface area contributed by atoms with Crippen molar-refractivity contribution >= 4 is 11.8 Å². The van der Waals surface area contributed by atoms with Crippen LogP contribution < -0.4 is 5.32 Å². The van der Waals surface area contributed by atoms with Crippen LogP contribution in [0.4, 0.5) is 0 Å². The third kappa shape index (κ3) is 4.36. The topological polar surface area (TPSA) is 58.6 Å². The molecule has 5 nitrogen and oxygen atoms in total. The second-order valence-corrected chi connectivity index (χ2v) is 9.22. The van der Waals surface area contributed by atoms with Crippen molar-refractivity contribution in [2.75, 3.05) is 26.3 Å². The molecule has 0 spiro atoms. The zero-order valence-corrected chi connectivity index (χ0v) is 19.3. The monoisotopic (exact) mass is 454 g/mol. The van der Waals surface area contributed by atoms with Crippen molar-refractivity contribution in [1.82, 2.24) is 10.2 Å². The van der Waals surface area contributed by atoms with E-state index >= 15 is 0 Å². The van der Waals surface area contributed by atoms with E-state index in [0.717, 1.165) is 22.3 Å². The van der Waals surface area contributed by atoms with Crippen molar-refractivity contribution in [3.63, 3.8) is 0 Å². The van der Waals surface area contributed by atoms with E-state index in [1.165, 1.54) is 0 Å². The zero-order valence-electron chi connectivity index (χ0n) is 19.3. The van der Waals surface area contributed by atoms with Gasteiger partial charge in [-0.05, 0) is 35.6 Å². The summed E-state index contributed by atoms with van der Waals surface area (Å²) in [5, 5.41) is 3.27. The number of rotatable bonds is 7. The molecule has 34 heavy (non-hydrogen) atoms. The lowest BCUT2D eigenvalue weighted by molar-refractivity contribution is -0.130. The first-order valence-electron chi connectivity index (χ1n) is 12.0. The minimum absolute atomic E-state index is 0.00363. The molecular weight excluding hydrogens is 424 g/mol. The Morgan fingerprint density at radius 2 is 1.56 bits per heavy atom. The van der Waals surface area contributed by atoms with Gasteiger partial charge in [0.15, 0.2) is 0 Å². The summed E-state index contributed by atoms with van der Waals surface area (Å²) in [6.07, 6.45) is 1.33. The molecule has 0 saturated carbocycles. The molecule has 2 aliphatic heterocycles. The van der Waals surface area contributed by atoms with Crippen LogP contribution >= 0.6 is 0 Å². The Morgan fingerprint density at radius 1 is 0.912 bits per heavy atom. The minimum Gasteiger partial charge on any atom is -0.381 e. The van der Waals surface area contributed by atoms with Crippen LogP contribution in [0.25, 0.3) is 0 Å². The molecule has 5 rings (SSSR count). The van der Waals surface area contributed by atoms with Gasteiger partial charge in [0, 0.05) is 44.3 Å². The average Bonchev–Trinajstić information content (AvgIpc) is 3.22. The number of carbonyl (C=O) groups is 2. The fraction of sp³-hybridized carbons (Fsp3) is 0.310. The Morgan fingerprint density at radius 3 is 2.26 bits per heavy atom. The predicted octanol–water partition coefficient (Wildman–Crippen LogP) is 4.29. The maximum Gasteiger partial charge on any atom is 0.254 e. The van der Waals surface area contributed by atoms with Crippen molar-refractivity contribution in [2.45, 2.75) is 30.7 Å². The van der Waals surface area contributed by atoms with E-state index in [0.29, 0.717) is 45.7 Å². The molecule has 0 radical (unpaired) electrons. The van der Waals surface area contributed by atoms with E-state index in [9.17, 15) is 9.59 Å². The fourth-order valence-corrected chi connectivity index (χ4v) is 5.25. The van der Waals surface area contributed by atoms with Gasteiger partial charge in [-0.15, -0.1) is 0 Å². The highest BCUT2D eigenvalue weighted by atomic mass is 16.5.